The lowest BCUT2D eigenvalue weighted by atomic mass is 10.2. The molecule has 4 nitrogen and oxygen atoms in total. The van der Waals surface area contributed by atoms with E-state index in [4.69, 9.17) is 4.74 Å². The molecule has 21 heavy (non-hydrogen) atoms. The zero-order chi connectivity index (χ0) is 15.3. The van der Waals surface area contributed by atoms with Gasteiger partial charge in [-0.25, -0.2) is 8.42 Å². The lowest BCUT2D eigenvalue weighted by Gasteiger charge is -2.21. The Balaban J connectivity index is 2.26. The molecule has 0 amide bonds. The van der Waals surface area contributed by atoms with Gasteiger partial charge in [0.1, 0.15) is 4.21 Å². The van der Waals surface area contributed by atoms with Gasteiger partial charge in [-0.1, -0.05) is 30.3 Å². The lowest BCUT2D eigenvalue weighted by Crippen LogP contribution is -2.33. The van der Waals surface area contributed by atoms with Gasteiger partial charge < -0.3 is 4.74 Å². The Labute approximate surface area is 137 Å². The van der Waals surface area contributed by atoms with Crippen LogP contribution in [0, 0.1) is 0 Å². The van der Waals surface area contributed by atoms with E-state index in [2.05, 4.69) is 15.9 Å². The fourth-order valence-corrected chi connectivity index (χ4v) is 5.40. The number of nitrogens with zero attached hydrogens (tertiary/aromatic N) is 1. The monoisotopic (exact) mass is 389 g/mol. The Morgan fingerprint density at radius 2 is 1.90 bits per heavy atom. The average molecular weight is 390 g/mol. The van der Waals surface area contributed by atoms with Crippen molar-refractivity contribution in [3.63, 3.8) is 0 Å². The first-order valence-corrected chi connectivity index (χ1v) is 9.37. The fraction of sp³-hybridized carbons (Fsp3) is 0.286. The molecule has 1 aromatic heterocycles. The Morgan fingerprint density at radius 3 is 2.48 bits per heavy atom. The molecule has 0 aliphatic heterocycles. The largest absolute Gasteiger partial charge is 0.383 e. The van der Waals surface area contributed by atoms with Crippen LogP contribution < -0.4 is 0 Å². The summed E-state index contributed by atoms with van der Waals surface area (Å²) in [6.45, 7) is 1.02. The number of sulfonamides is 1. The molecule has 1 aromatic carbocycles. The minimum atomic E-state index is -3.51. The standard InChI is InChI=1S/C14H16BrNO3S2/c1-19-10-9-16(11-12-5-3-2-4-6-12)21(17,18)14-8-7-13(15)20-14/h2-8H,9-11H2,1H3. The van der Waals surface area contributed by atoms with Gasteiger partial charge in [0, 0.05) is 20.2 Å². The number of methoxy groups -OCH3 is 1. The molecule has 0 bridgehead atoms. The van der Waals surface area contributed by atoms with Gasteiger partial charge >= 0.3 is 0 Å². The molecule has 0 radical (unpaired) electrons. The van der Waals surface area contributed by atoms with Crippen LogP contribution in [0.1, 0.15) is 5.56 Å². The summed E-state index contributed by atoms with van der Waals surface area (Å²) in [5, 5.41) is 0. The molecule has 0 saturated carbocycles. The van der Waals surface area contributed by atoms with E-state index in [1.165, 1.54) is 15.6 Å². The number of halogens is 1. The van der Waals surface area contributed by atoms with Gasteiger partial charge in [-0.05, 0) is 33.6 Å². The van der Waals surface area contributed by atoms with Crippen LogP contribution in [0.2, 0.25) is 0 Å². The third-order valence-corrected chi connectivity index (χ3v) is 6.83. The van der Waals surface area contributed by atoms with Crippen LogP contribution in [-0.2, 0) is 21.3 Å². The zero-order valence-electron chi connectivity index (χ0n) is 11.5. The molecular weight excluding hydrogens is 374 g/mol. The first-order chi connectivity index (χ1) is 10.0. The van der Waals surface area contributed by atoms with Crippen molar-refractivity contribution >= 4 is 37.3 Å². The van der Waals surface area contributed by atoms with Gasteiger partial charge in [0.05, 0.1) is 10.4 Å². The molecule has 0 spiro atoms. The molecule has 114 valence electrons. The summed E-state index contributed by atoms with van der Waals surface area (Å²) in [6, 6.07) is 12.9. The molecule has 2 aromatic rings. The van der Waals surface area contributed by atoms with Gasteiger partial charge in [-0.3, -0.25) is 0 Å². The molecule has 0 fully saturated rings. The first-order valence-electron chi connectivity index (χ1n) is 6.32. The molecule has 2 rings (SSSR count). The summed E-state index contributed by atoms with van der Waals surface area (Å²) < 4.78 is 33.0. The van der Waals surface area contributed by atoms with E-state index >= 15 is 0 Å². The topological polar surface area (TPSA) is 46.6 Å². The predicted octanol–water partition coefficient (Wildman–Crippen LogP) is 3.35. The van der Waals surface area contributed by atoms with Gasteiger partial charge in [-0.15, -0.1) is 11.3 Å². The van der Waals surface area contributed by atoms with Gasteiger partial charge in [0.25, 0.3) is 10.0 Å². The van der Waals surface area contributed by atoms with E-state index < -0.39 is 10.0 Å². The second-order valence-corrected chi connectivity index (χ2v) is 9.00. The molecular formula is C14H16BrNO3S2. The maximum absolute atomic E-state index is 12.7. The van der Waals surface area contributed by atoms with E-state index in [9.17, 15) is 8.42 Å². The van der Waals surface area contributed by atoms with Crippen LogP contribution in [-0.4, -0.2) is 33.0 Å². The highest BCUT2D eigenvalue weighted by molar-refractivity contribution is 9.11. The van der Waals surface area contributed by atoms with Crippen LogP contribution in [0.15, 0.2) is 50.5 Å². The summed E-state index contributed by atoms with van der Waals surface area (Å²) in [5.41, 5.74) is 0.952. The third-order valence-electron chi connectivity index (χ3n) is 2.89. The highest BCUT2D eigenvalue weighted by Crippen LogP contribution is 2.29. The minimum Gasteiger partial charge on any atom is -0.383 e. The maximum Gasteiger partial charge on any atom is 0.252 e. The number of thiophene rings is 1. The lowest BCUT2D eigenvalue weighted by molar-refractivity contribution is 0.177. The third kappa shape index (κ3) is 4.37. The van der Waals surface area contributed by atoms with E-state index in [-0.39, 0.29) is 0 Å². The average Bonchev–Trinajstić information content (AvgIpc) is 2.92. The van der Waals surface area contributed by atoms with Crippen LogP contribution in [0.5, 0.6) is 0 Å². The van der Waals surface area contributed by atoms with Gasteiger partial charge in [-0.2, -0.15) is 4.31 Å². The highest BCUT2D eigenvalue weighted by atomic mass is 79.9. The number of ether oxygens (including phenoxy) is 1. The minimum absolute atomic E-state index is 0.323. The van der Waals surface area contributed by atoms with Crippen molar-refractivity contribution in [3.8, 4) is 0 Å². The fourth-order valence-electron chi connectivity index (χ4n) is 1.83. The first kappa shape index (κ1) is 16.6. The van der Waals surface area contributed by atoms with Gasteiger partial charge in [0.2, 0.25) is 0 Å². The number of rotatable bonds is 7. The van der Waals surface area contributed by atoms with Crippen molar-refractivity contribution in [2.75, 3.05) is 20.3 Å². The summed E-state index contributed by atoms with van der Waals surface area (Å²) in [7, 11) is -1.94. The Bertz CT molecular complexity index is 671. The van der Waals surface area contributed by atoms with Crippen LogP contribution in [0.3, 0.4) is 0 Å². The highest BCUT2D eigenvalue weighted by Gasteiger charge is 2.26. The van der Waals surface area contributed by atoms with Crippen LogP contribution in [0.4, 0.5) is 0 Å². The number of hydrogen-bond donors (Lipinski definition) is 0. The molecule has 0 saturated heterocycles. The summed E-state index contributed by atoms with van der Waals surface area (Å²) in [4.78, 5) is 0. The number of hydrogen-bond acceptors (Lipinski definition) is 4. The van der Waals surface area contributed by atoms with E-state index in [1.54, 1.807) is 19.2 Å². The number of benzene rings is 1. The summed E-state index contributed by atoms with van der Waals surface area (Å²) in [6.07, 6.45) is 0. The second kappa shape index (κ2) is 7.51. The smallest absolute Gasteiger partial charge is 0.252 e. The Morgan fingerprint density at radius 1 is 1.19 bits per heavy atom. The normalized spacial score (nSPS) is 12.0. The van der Waals surface area contributed by atoms with Crippen LogP contribution >= 0.6 is 27.3 Å². The predicted molar refractivity (Wildman–Crippen MR) is 87.9 cm³/mol. The molecule has 1 heterocycles. The summed E-state index contributed by atoms with van der Waals surface area (Å²) >= 11 is 4.52. The molecule has 0 atom stereocenters. The second-order valence-electron chi connectivity index (χ2n) is 4.38. The Hall–Kier alpha value is -0.730. The van der Waals surface area contributed by atoms with Crippen molar-refractivity contribution < 1.29 is 13.2 Å². The van der Waals surface area contributed by atoms with Crippen LogP contribution in [0.25, 0.3) is 0 Å². The molecule has 0 unspecified atom stereocenters. The summed E-state index contributed by atoms with van der Waals surface area (Å²) in [5.74, 6) is 0. The van der Waals surface area contributed by atoms with Crippen molar-refractivity contribution in [1.82, 2.24) is 4.31 Å². The van der Waals surface area contributed by atoms with Crippen molar-refractivity contribution in [1.29, 1.82) is 0 Å². The van der Waals surface area contributed by atoms with E-state index in [0.717, 1.165) is 9.35 Å². The zero-order valence-corrected chi connectivity index (χ0v) is 14.7. The van der Waals surface area contributed by atoms with Crippen molar-refractivity contribution in [2.45, 2.75) is 10.8 Å². The maximum atomic E-state index is 12.7. The SMILES string of the molecule is COCCN(Cc1ccccc1)S(=O)(=O)c1ccc(Br)s1. The van der Waals surface area contributed by atoms with Crippen molar-refractivity contribution in [2.24, 2.45) is 0 Å². The van der Waals surface area contributed by atoms with E-state index in [0.29, 0.717) is 23.9 Å². The van der Waals surface area contributed by atoms with Crippen molar-refractivity contribution in [3.05, 3.63) is 51.8 Å². The molecule has 7 heteroatoms. The molecule has 0 aliphatic rings. The van der Waals surface area contributed by atoms with E-state index in [1.807, 2.05) is 30.3 Å². The Kier molecular flexibility index (Phi) is 5.95. The van der Waals surface area contributed by atoms with Gasteiger partial charge in [0.15, 0.2) is 0 Å². The molecule has 0 aliphatic carbocycles. The quantitative estimate of drug-likeness (QED) is 0.729. The molecule has 0 N–H and O–H groups in total.